The summed E-state index contributed by atoms with van der Waals surface area (Å²) in [5, 5.41) is 7.41. The van der Waals surface area contributed by atoms with E-state index in [0.29, 0.717) is 0 Å². The summed E-state index contributed by atoms with van der Waals surface area (Å²) in [5.74, 6) is 0.211. The van der Waals surface area contributed by atoms with Crippen molar-refractivity contribution in [1.82, 2.24) is 10.6 Å². The van der Waals surface area contributed by atoms with Crippen molar-refractivity contribution in [2.75, 3.05) is 13.1 Å². The van der Waals surface area contributed by atoms with Crippen LogP contribution in [0.3, 0.4) is 0 Å². The number of hydrogen-bond donors (Lipinski definition) is 2. The summed E-state index contributed by atoms with van der Waals surface area (Å²) in [5.41, 5.74) is 0.762. The first-order valence-electron chi connectivity index (χ1n) is 8.48. The molecule has 1 aliphatic heterocycles. The van der Waals surface area contributed by atoms with Crippen LogP contribution in [0.5, 0.6) is 0 Å². The van der Waals surface area contributed by atoms with E-state index in [-0.39, 0.29) is 17.4 Å². The van der Waals surface area contributed by atoms with Gasteiger partial charge in [0, 0.05) is 17.6 Å². The van der Waals surface area contributed by atoms with Crippen molar-refractivity contribution in [3.8, 4) is 0 Å². The van der Waals surface area contributed by atoms with Crippen LogP contribution in [0.25, 0.3) is 0 Å². The molecule has 0 aromatic heterocycles. The highest BCUT2D eigenvalue weighted by atomic mass is 35.5. The van der Waals surface area contributed by atoms with Crippen LogP contribution < -0.4 is 10.6 Å². The van der Waals surface area contributed by atoms with Crippen LogP contribution >= 0.6 is 11.6 Å². The Bertz CT molecular complexity index is 502. The molecule has 22 heavy (non-hydrogen) atoms. The smallest absolute Gasteiger partial charge is 0.230 e. The van der Waals surface area contributed by atoms with Gasteiger partial charge in [-0.1, -0.05) is 43.0 Å². The Morgan fingerprint density at radius 1 is 1.14 bits per heavy atom. The molecule has 1 saturated carbocycles. The number of benzene rings is 1. The number of rotatable bonds is 3. The average Bonchev–Trinajstić information content (AvgIpc) is 2.57. The number of halogens is 1. The van der Waals surface area contributed by atoms with Crippen LogP contribution in [-0.2, 0) is 10.2 Å². The van der Waals surface area contributed by atoms with Gasteiger partial charge in [-0.3, -0.25) is 4.79 Å². The van der Waals surface area contributed by atoms with Gasteiger partial charge in [-0.25, -0.2) is 0 Å². The molecule has 2 aliphatic rings. The van der Waals surface area contributed by atoms with E-state index >= 15 is 0 Å². The van der Waals surface area contributed by atoms with Gasteiger partial charge in [0.2, 0.25) is 5.91 Å². The van der Waals surface area contributed by atoms with E-state index in [1.807, 2.05) is 24.3 Å². The molecule has 2 N–H and O–H groups in total. The Kier molecular flexibility index (Phi) is 5.04. The summed E-state index contributed by atoms with van der Waals surface area (Å²) in [7, 11) is 0. The molecule has 1 aromatic rings. The molecule has 1 aromatic carbocycles. The molecular weight excluding hydrogens is 296 g/mol. The third-order valence-corrected chi connectivity index (χ3v) is 5.42. The lowest BCUT2D eigenvalue weighted by atomic mass is 9.68. The number of piperidine rings is 1. The van der Waals surface area contributed by atoms with Crippen molar-refractivity contribution in [1.29, 1.82) is 0 Å². The van der Waals surface area contributed by atoms with Crippen LogP contribution in [0.4, 0.5) is 0 Å². The topological polar surface area (TPSA) is 41.1 Å². The zero-order valence-corrected chi connectivity index (χ0v) is 13.8. The van der Waals surface area contributed by atoms with Gasteiger partial charge in [-0.15, -0.1) is 0 Å². The van der Waals surface area contributed by atoms with E-state index in [1.165, 1.54) is 6.42 Å². The highest BCUT2D eigenvalue weighted by Gasteiger charge is 2.41. The molecule has 3 rings (SSSR count). The maximum Gasteiger partial charge on any atom is 0.230 e. The first-order chi connectivity index (χ1) is 10.7. The maximum atomic E-state index is 13.1. The molecule has 1 amide bonds. The van der Waals surface area contributed by atoms with E-state index < -0.39 is 0 Å². The monoisotopic (exact) mass is 320 g/mol. The Hall–Kier alpha value is -1.06. The fraction of sp³-hybridized carbons (Fsp3) is 0.611. The SMILES string of the molecule is O=C(NC1CCCNC1)C1(c2ccc(Cl)cc2)CCCCC1. The summed E-state index contributed by atoms with van der Waals surface area (Å²) >= 11 is 6.02. The molecular formula is C18H25ClN2O. The van der Waals surface area contributed by atoms with Gasteiger partial charge in [0.1, 0.15) is 0 Å². The van der Waals surface area contributed by atoms with Gasteiger partial charge in [0.15, 0.2) is 0 Å². The lowest BCUT2D eigenvalue weighted by Gasteiger charge is -2.38. The fourth-order valence-corrected chi connectivity index (χ4v) is 4.00. The van der Waals surface area contributed by atoms with Gasteiger partial charge in [0.25, 0.3) is 0 Å². The second-order valence-electron chi connectivity index (χ2n) is 6.67. The zero-order valence-electron chi connectivity index (χ0n) is 13.0. The summed E-state index contributed by atoms with van der Waals surface area (Å²) < 4.78 is 0. The van der Waals surface area contributed by atoms with Crippen LogP contribution in [0, 0.1) is 0 Å². The Labute approximate surface area is 137 Å². The molecule has 1 aliphatic carbocycles. The molecule has 120 valence electrons. The number of carbonyl (C=O) groups excluding carboxylic acids is 1. The zero-order chi connectivity index (χ0) is 15.4. The predicted octanol–water partition coefficient (Wildman–Crippen LogP) is 3.41. The Balaban J connectivity index is 1.81. The highest BCUT2D eigenvalue weighted by molar-refractivity contribution is 6.30. The number of hydrogen-bond acceptors (Lipinski definition) is 2. The third-order valence-electron chi connectivity index (χ3n) is 5.17. The second-order valence-corrected chi connectivity index (χ2v) is 7.10. The molecule has 0 radical (unpaired) electrons. The van der Waals surface area contributed by atoms with Crippen LogP contribution in [0.1, 0.15) is 50.5 Å². The molecule has 4 heteroatoms. The maximum absolute atomic E-state index is 13.1. The minimum absolute atomic E-state index is 0.211. The van der Waals surface area contributed by atoms with Crippen LogP contribution in [-0.4, -0.2) is 25.0 Å². The molecule has 3 nitrogen and oxygen atoms in total. The highest BCUT2D eigenvalue weighted by Crippen LogP contribution is 2.40. The number of carbonyl (C=O) groups is 1. The average molecular weight is 321 g/mol. The van der Waals surface area contributed by atoms with Crippen LogP contribution in [0.15, 0.2) is 24.3 Å². The largest absolute Gasteiger partial charge is 0.351 e. The van der Waals surface area contributed by atoms with E-state index in [2.05, 4.69) is 10.6 Å². The van der Waals surface area contributed by atoms with E-state index in [1.54, 1.807) is 0 Å². The molecule has 1 saturated heterocycles. The summed E-state index contributed by atoms with van der Waals surface area (Å²) in [4.78, 5) is 13.1. The standard InChI is InChI=1S/C18H25ClN2O/c19-15-8-6-14(7-9-15)18(10-2-1-3-11-18)17(22)21-16-5-4-12-20-13-16/h6-9,16,20H,1-5,10-13H2,(H,21,22). The van der Waals surface area contributed by atoms with Gasteiger partial charge in [-0.2, -0.15) is 0 Å². The molecule has 1 heterocycles. The minimum atomic E-state index is -0.361. The number of amides is 1. The summed E-state index contributed by atoms with van der Waals surface area (Å²) in [6.07, 6.45) is 7.58. The predicted molar refractivity (Wildman–Crippen MR) is 90.2 cm³/mol. The normalized spacial score (nSPS) is 24.7. The summed E-state index contributed by atoms with van der Waals surface area (Å²) in [6.45, 7) is 1.96. The van der Waals surface area contributed by atoms with Crippen molar-refractivity contribution < 1.29 is 4.79 Å². The minimum Gasteiger partial charge on any atom is -0.351 e. The number of nitrogens with one attached hydrogen (secondary N) is 2. The molecule has 0 spiro atoms. The third kappa shape index (κ3) is 3.31. The van der Waals surface area contributed by atoms with E-state index in [4.69, 9.17) is 11.6 Å². The van der Waals surface area contributed by atoms with Gasteiger partial charge in [-0.05, 0) is 49.9 Å². The first kappa shape index (κ1) is 15.8. The van der Waals surface area contributed by atoms with E-state index in [0.717, 1.165) is 62.2 Å². The lowest BCUT2D eigenvalue weighted by molar-refractivity contribution is -0.129. The molecule has 1 atom stereocenters. The molecule has 0 bridgehead atoms. The van der Waals surface area contributed by atoms with Gasteiger partial charge < -0.3 is 10.6 Å². The Morgan fingerprint density at radius 3 is 2.50 bits per heavy atom. The lowest BCUT2D eigenvalue weighted by Crippen LogP contribution is -2.53. The van der Waals surface area contributed by atoms with Gasteiger partial charge >= 0.3 is 0 Å². The van der Waals surface area contributed by atoms with Crippen LogP contribution in [0.2, 0.25) is 5.02 Å². The second kappa shape index (κ2) is 7.01. The fourth-order valence-electron chi connectivity index (χ4n) is 3.87. The molecule has 1 unspecified atom stereocenters. The van der Waals surface area contributed by atoms with Crippen molar-refractivity contribution in [3.63, 3.8) is 0 Å². The quantitative estimate of drug-likeness (QED) is 0.896. The van der Waals surface area contributed by atoms with Crippen molar-refractivity contribution in [2.45, 2.75) is 56.4 Å². The van der Waals surface area contributed by atoms with Crippen molar-refractivity contribution >= 4 is 17.5 Å². The summed E-state index contributed by atoms with van der Waals surface area (Å²) in [6, 6.07) is 8.15. The van der Waals surface area contributed by atoms with E-state index in [9.17, 15) is 4.79 Å². The van der Waals surface area contributed by atoms with Gasteiger partial charge in [0.05, 0.1) is 5.41 Å². The van der Waals surface area contributed by atoms with Crippen molar-refractivity contribution in [3.05, 3.63) is 34.9 Å². The Morgan fingerprint density at radius 2 is 1.86 bits per heavy atom. The first-order valence-corrected chi connectivity index (χ1v) is 8.86. The van der Waals surface area contributed by atoms with Crippen molar-refractivity contribution in [2.24, 2.45) is 0 Å². The molecule has 2 fully saturated rings.